The molecule has 0 aliphatic carbocycles. The molecule has 150 valence electrons. The normalized spacial score (nSPS) is 10.3. The minimum absolute atomic E-state index is 0.259. The van der Waals surface area contributed by atoms with Crippen molar-refractivity contribution in [2.24, 2.45) is 0 Å². The van der Waals surface area contributed by atoms with Crippen molar-refractivity contribution in [1.82, 2.24) is 0 Å². The number of ether oxygens (including phenoxy) is 3. The first kappa shape index (κ1) is 20.6. The number of benzene rings is 3. The van der Waals surface area contributed by atoms with Crippen LogP contribution in [-0.2, 0) is 6.61 Å². The maximum atomic E-state index is 12.7. The number of methoxy groups -OCH3 is 2. The number of carbonyl (C=O) groups is 1. The largest absolute Gasteiger partial charge is 0.496 e. The van der Waals surface area contributed by atoms with Gasteiger partial charge in [0.2, 0.25) is 0 Å². The number of rotatable bonds is 7. The van der Waals surface area contributed by atoms with Crippen molar-refractivity contribution in [3.05, 3.63) is 82.4 Å². The van der Waals surface area contributed by atoms with Crippen molar-refractivity contribution in [1.29, 1.82) is 0 Å². The van der Waals surface area contributed by atoms with Crippen molar-refractivity contribution >= 4 is 23.2 Å². The predicted octanol–water partition coefficient (Wildman–Crippen LogP) is 5.50. The monoisotopic (exact) mass is 411 g/mol. The fourth-order valence-corrected chi connectivity index (χ4v) is 3.10. The SMILES string of the molecule is COc1ccc(NC(=O)c2ccc(OC)c(COc3cccc(C)c3)c2)cc1Cl. The highest BCUT2D eigenvalue weighted by molar-refractivity contribution is 6.32. The molecule has 3 rings (SSSR count). The first-order chi connectivity index (χ1) is 14.0. The summed E-state index contributed by atoms with van der Waals surface area (Å²) in [4.78, 5) is 12.7. The highest BCUT2D eigenvalue weighted by atomic mass is 35.5. The van der Waals surface area contributed by atoms with Crippen LogP contribution in [0.5, 0.6) is 17.2 Å². The van der Waals surface area contributed by atoms with Crippen LogP contribution in [0.15, 0.2) is 60.7 Å². The molecule has 0 fully saturated rings. The van der Waals surface area contributed by atoms with Crippen LogP contribution in [0, 0.1) is 6.92 Å². The molecule has 0 aliphatic heterocycles. The van der Waals surface area contributed by atoms with Crippen LogP contribution >= 0.6 is 11.6 Å². The number of anilines is 1. The van der Waals surface area contributed by atoms with Crippen LogP contribution in [0.3, 0.4) is 0 Å². The highest BCUT2D eigenvalue weighted by Gasteiger charge is 2.12. The van der Waals surface area contributed by atoms with Gasteiger partial charge in [0, 0.05) is 16.8 Å². The van der Waals surface area contributed by atoms with Crippen molar-refractivity contribution < 1.29 is 19.0 Å². The minimum Gasteiger partial charge on any atom is -0.496 e. The molecule has 0 unspecified atom stereocenters. The second-order valence-electron chi connectivity index (χ2n) is 6.44. The van der Waals surface area contributed by atoms with Gasteiger partial charge in [-0.05, 0) is 61.0 Å². The summed E-state index contributed by atoms with van der Waals surface area (Å²) in [5.41, 5.74) is 2.95. The Balaban J connectivity index is 1.76. The minimum atomic E-state index is -0.259. The number of aryl methyl sites for hydroxylation is 1. The Morgan fingerprint density at radius 3 is 2.41 bits per heavy atom. The third-order valence-electron chi connectivity index (χ3n) is 4.34. The van der Waals surface area contributed by atoms with Gasteiger partial charge >= 0.3 is 0 Å². The quantitative estimate of drug-likeness (QED) is 0.558. The van der Waals surface area contributed by atoms with Gasteiger partial charge in [0.25, 0.3) is 5.91 Å². The number of halogens is 1. The molecule has 5 nitrogen and oxygen atoms in total. The van der Waals surface area contributed by atoms with Gasteiger partial charge in [-0.3, -0.25) is 4.79 Å². The fourth-order valence-electron chi connectivity index (χ4n) is 2.85. The molecule has 0 aromatic heterocycles. The van der Waals surface area contributed by atoms with Crippen molar-refractivity contribution in [3.63, 3.8) is 0 Å². The summed E-state index contributed by atoms with van der Waals surface area (Å²) < 4.78 is 16.4. The second kappa shape index (κ2) is 9.34. The Bertz CT molecular complexity index is 1020. The Hall–Kier alpha value is -3.18. The molecule has 6 heteroatoms. The lowest BCUT2D eigenvalue weighted by atomic mass is 10.1. The van der Waals surface area contributed by atoms with E-state index in [-0.39, 0.29) is 12.5 Å². The molecule has 0 spiro atoms. The topological polar surface area (TPSA) is 56.8 Å². The van der Waals surface area contributed by atoms with E-state index in [9.17, 15) is 4.79 Å². The van der Waals surface area contributed by atoms with Crippen LogP contribution in [-0.4, -0.2) is 20.1 Å². The lowest BCUT2D eigenvalue weighted by molar-refractivity contribution is 0.102. The molecule has 0 heterocycles. The van der Waals surface area contributed by atoms with Gasteiger partial charge in [0.05, 0.1) is 19.2 Å². The summed E-state index contributed by atoms with van der Waals surface area (Å²) in [5.74, 6) is 1.70. The summed E-state index contributed by atoms with van der Waals surface area (Å²) in [6.45, 7) is 2.28. The van der Waals surface area contributed by atoms with Gasteiger partial charge in [-0.1, -0.05) is 23.7 Å². The maximum absolute atomic E-state index is 12.7. The summed E-state index contributed by atoms with van der Waals surface area (Å²) in [5, 5.41) is 3.26. The third kappa shape index (κ3) is 5.21. The smallest absolute Gasteiger partial charge is 0.255 e. The molecule has 3 aromatic rings. The molecule has 1 N–H and O–H groups in total. The summed E-state index contributed by atoms with van der Waals surface area (Å²) in [7, 11) is 3.13. The van der Waals surface area contributed by atoms with Gasteiger partial charge in [-0.15, -0.1) is 0 Å². The molecule has 0 aliphatic rings. The molecular weight excluding hydrogens is 390 g/mol. The average molecular weight is 412 g/mol. The van der Waals surface area contributed by atoms with Crippen LogP contribution in [0.1, 0.15) is 21.5 Å². The molecule has 1 amide bonds. The summed E-state index contributed by atoms with van der Waals surface area (Å²) in [6.07, 6.45) is 0. The lowest BCUT2D eigenvalue weighted by Gasteiger charge is -2.13. The number of amides is 1. The van der Waals surface area contributed by atoms with E-state index in [1.807, 2.05) is 31.2 Å². The Morgan fingerprint density at radius 2 is 1.72 bits per heavy atom. The summed E-state index contributed by atoms with van der Waals surface area (Å²) >= 11 is 6.12. The van der Waals surface area contributed by atoms with E-state index >= 15 is 0 Å². The van der Waals surface area contributed by atoms with Crippen molar-refractivity contribution in [3.8, 4) is 17.2 Å². The maximum Gasteiger partial charge on any atom is 0.255 e. The molecule has 0 radical (unpaired) electrons. The Morgan fingerprint density at radius 1 is 0.966 bits per heavy atom. The first-order valence-electron chi connectivity index (χ1n) is 9.01. The fraction of sp³-hybridized carbons (Fsp3) is 0.174. The Labute approximate surface area is 175 Å². The Kier molecular flexibility index (Phi) is 6.62. The number of hydrogen-bond donors (Lipinski definition) is 1. The van der Waals surface area contributed by atoms with Gasteiger partial charge in [-0.2, -0.15) is 0 Å². The van der Waals surface area contributed by atoms with Gasteiger partial charge in [0.1, 0.15) is 23.9 Å². The average Bonchev–Trinajstić information content (AvgIpc) is 2.72. The molecule has 0 bridgehead atoms. The summed E-state index contributed by atoms with van der Waals surface area (Å²) in [6, 6.07) is 18.1. The van der Waals surface area contributed by atoms with Gasteiger partial charge in [-0.25, -0.2) is 0 Å². The number of hydrogen-bond acceptors (Lipinski definition) is 4. The molecule has 0 atom stereocenters. The highest BCUT2D eigenvalue weighted by Crippen LogP contribution is 2.28. The van der Waals surface area contributed by atoms with Crippen LogP contribution in [0.4, 0.5) is 5.69 Å². The molecule has 0 saturated carbocycles. The van der Waals surface area contributed by atoms with Gasteiger partial charge in [0.15, 0.2) is 0 Å². The van der Waals surface area contributed by atoms with Crippen LogP contribution in [0.2, 0.25) is 5.02 Å². The zero-order valence-corrected chi connectivity index (χ0v) is 17.2. The van der Waals surface area contributed by atoms with E-state index in [4.69, 9.17) is 25.8 Å². The molecule has 3 aromatic carbocycles. The van der Waals surface area contributed by atoms with E-state index in [1.54, 1.807) is 43.5 Å². The lowest BCUT2D eigenvalue weighted by Crippen LogP contribution is -2.13. The number of carbonyl (C=O) groups excluding carboxylic acids is 1. The second-order valence-corrected chi connectivity index (χ2v) is 6.84. The van der Waals surface area contributed by atoms with E-state index < -0.39 is 0 Å². The standard InChI is InChI=1S/C23H22ClNO4/c1-15-5-4-6-19(11-15)29-14-17-12-16(7-9-21(17)27-2)23(26)25-18-8-10-22(28-3)20(24)13-18/h4-13H,14H2,1-3H3,(H,25,26). The van der Waals surface area contributed by atoms with Crippen LogP contribution < -0.4 is 19.5 Å². The molecular formula is C23H22ClNO4. The van der Waals surface area contributed by atoms with Crippen molar-refractivity contribution in [2.75, 3.05) is 19.5 Å². The molecule has 29 heavy (non-hydrogen) atoms. The van der Waals surface area contributed by atoms with E-state index in [0.29, 0.717) is 27.8 Å². The predicted molar refractivity (Wildman–Crippen MR) is 114 cm³/mol. The zero-order chi connectivity index (χ0) is 20.8. The van der Waals surface area contributed by atoms with E-state index in [0.717, 1.165) is 16.9 Å². The van der Waals surface area contributed by atoms with Crippen molar-refractivity contribution in [2.45, 2.75) is 13.5 Å². The van der Waals surface area contributed by atoms with Gasteiger partial charge < -0.3 is 19.5 Å². The number of nitrogens with one attached hydrogen (secondary N) is 1. The first-order valence-corrected chi connectivity index (χ1v) is 9.39. The molecule has 0 saturated heterocycles. The van der Waals surface area contributed by atoms with E-state index in [1.165, 1.54) is 7.11 Å². The van der Waals surface area contributed by atoms with E-state index in [2.05, 4.69) is 5.32 Å². The van der Waals surface area contributed by atoms with Crippen LogP contribution in [0.25, 0.3) is 0 Å². The third-order valence-corrected chi connectivity index (χ3v) is 4.63. The zero-order valence-electron chi connectivity index (χ0n) is 16.5.